The van der Waals surface area contributed by atoms with Crippen LogP contribution in [0.3, 0.4) is 0 Å². The average molecular weight is 305 g/mol. The van der Waals surface area contributed by atoms with Crippen LogP contribution in [0.4, 0.5) is 18.9 Å². The molecule has 118 valence electrons. The molecule has 0 saturated carbocycles. The molecule has 0 aromatic carbocycles. The van der Waals surface area contributed by atoms with Crippen molar-refractivity contribution in [3.05, 3.63) is 18.3 Å². The number of rotatable bonds is 6. The van der Waals surface area contributed by atoms with Gasteiger partial charge in [0.25, 0.3) is 0 Å². The third-order valence-corrected chi connectivity index (χ3v) is 3.16. The molecule has 0 bridgehead atoms. The predicted molar refractivity (Wildman–Crippen MR) is 71.9 cm³/mol. The Morgan fingerprint density at radius 2 is 2.10 bits per heavy atom. The summed E-state index contributed by atoms with van der Waals surface area (Å²) in [4.78, 5) is 15.7. The quantitative estimate of drug-likeness (QED) is 0.845. The lowest BCUT2D eigenvalue weighted by Gasteiger charge is -2.24. The fraction of sp³-hybridized carbons (Fsp3) is 0.538. The van der Waals surface area contributed by atoms with Gasteiger partial charge in [0, 0.05) is 12.6 Å². The van der Waals surface area contributed by atoms with Gasteiger partial charge in [0.05, 0.1) is 17.3 Å². The third kappa shape index (κ3) is 5.22. The van der Waals surface area contributed by atoms with Crippen molar-refractivity contribution in [1.82, 2.24) is 4.98 Å². The minimum absolute atomic E-state index is 0.164. The number of ether oxygens (including phenoxy) is 1. The van der Waals surface area contributed by atoms with Crippen molar-refractivity contribution >= 4 is 11.6 Å². The van der Waals surface area contributed by atoms with Crippen molar-refractivity contribution in [2.24, 2.45) is 11.1 Å². The first-order valence-electron chi connectivity index (χ1n) is 6.37. The Hall–Kier alpha value is -1.83. The lowest BCUT2D eigenvalue weighted by Crippen LogP contribution is -2.39. The van der Waals surface area contributed by atoms with E-state index >= 15 is 0 Å². The normalized spacial score (nSPS) is 14.4. The van der Waals surface area contributed by atoms with Crippen LogP contribution in [0.5, 0.6) is 5.88 Å². The first kappa shape index (κ1) is 17.2. The molecule has 0 saturated heterocycles. The molecule has 0 aliphatic rings. The number of aromatic nitrogens is 1. The smallest absolute Gasteiger partial charge is 0.422 e. The van der Waals surface area contributed by atoms with Gasteiger partial charge in [0.1, 0.15) is 0 Å². The summed E-state index contributed by atoms with van der Waals surface area (Å²) in [5, 5.41) is 2.62. The van der Waals surface area contributed by atoms with Crippen molar-refractivity contribution in [3.8, 4) is 5.88 Å². The summed E-state index contributed by atoms with van der Waals surface area (Å²) in [6.07, 6.45) is -2.62. The number of nitrogens with one attached hydrogen (secondary N) is 1. The Bertz CT molecular complexity index is 471. The third-order valence-electron chi connectivity index (χ3n) is 3.16. The van der Waals surface area contributed by atoms with E-state index in [9.17, 15) is 18.0 Å². The molecule has 1 heterocycles. The Kier molecular flexibility index (Phi) is 5.54. The van der Waals surface area contributed by atoms with Crippen molar-refractivity contribution in [3.63, 3.8) is 0 Å². The Morgan fingerprint density at radius 1 is 1.43 bits per heavy atom. The van der Waals surface area contributed by atoms with Gasteiger partial charge in [0.2, 0.25) is 11.8 Å². The van der Waals surface area contributed by atoms with Crippen LogP contribution in [0.2, 0.25) is 0 Å². The molecule has 0 radical (unpaired) electrons. The molecular weight excluding hydrogens is 287 g/mol. The van der Waals surface area contributed by atoms with E-state index in [4.69, 9.17) is 5.73 Å². The molecule has 8 heteroatoms. The summed E-state index contributed by atoms with van der Waals surface area (Å²) in [7, 11) is 0. The van der Waals surface area contributed by atoms with Crippen LogP contribution in [0.25, 0.3) is 0 Å². The van der Waals surface area contributed by atoms with E-state index in [0.29, 0.717) is 12.1 Å². The number of anilines is 1. The highest BCUT2D eigenvalue weighted by molar-refractivity contribution is 5.95. The monoisotopic (exact) mass is 305 g/mol. The largest absolute Gasteiger partial charge is 0.468 e. The molecule has 1 unspecified atom stereocenters. The number of amides is 1. The van der Waals surface area contributed by atoms with Crippen LogP contribution in [-0.2, 0) is 4.79 Å². The van der Waals surface area contributed by atoms with Gasteiger partial charge in [-0.1, -0.05) is 6.92 Å². The fourth-order valence-electron chi connectivity index (χ4n) is 1.37. The molecular formula is C13H18F3N3O2. The van der Waals surface area contributed by atoms with Crippen LogP contribution >= 0.6 is 0 Å². The molecule has 0 aliphatic heterocycles. The van der Waals surface area contributed by atoms with Gasteiger partial charge >= 0.3 is 6.18 Å². The van der Waals surface area contributed by atoms with Gasteiger partial charge in [-0.2, -0.15) is 13.2 Å². The minimum Gasteiger partial charge on any atom is -0.468 e. The number of halogens is 3. The molecule has 1 rings (SSSR count). The van der Waals surface area contributed by atoms with E-state index in [-0.39, 0.29) is 18.3 Å². The second kappa shape index (κ2) is 6.75. The zero-order valence-corrected chi connectivity index (χ0v) is 11.8. The number of carbonyl (C=O) groups is 1. The zero-order chi connectivity index (χ0) is 16.1. The van der Waals surface area contributed by atoms with Crippen LogP contribution in [0.15, 0.2) is 18.3 Å². The van der Waals surface area contributed by atoms with Crippen molar-refractivity contribution in [2.75, 3.05) is 18.5 Å². The maximum atomic E-state index is 12.0. The molecule has 0 aliphatic carbocycles. The Labute approximate surface area is 120 Å². The summed E-state index contributed by atoms with van der Waals surface area (Å²) in [6.45, 7) is 2.36. The molecule has 1 aromatic heterocycles. The van der Waals surface area contributed by atoms with Crippen LogP contribution in [0.1, 0.15) is 20.3 Å². The Balaban J connectivity index is 2.65. The standard InChI is InChI=1S/C13H18F3N3O2/c1-3-12(2,7-17)11(20)19-9-4-5-10(18-6-9)21-8-13(14,15)16/h4-6H,3,7-8,17H2,1-2H3,(H,19,20). The first-order valence-corrected chi connectivity index (χ1v) is 6.37. The van der Waals surface area contributed by atoms with Gasteiger partial charge in [0.15, 0.2) is 6.61 Å². The highest BCUT2D eigenvalue weighted by atomic mass is 19.4. The molecule has 3 N–H and O–H groups in total. The fourth-order valence-corrected chi connectivity index (χ4v) is 1.37. The molecule has 0 fully saturated rings. The Morgan fingerprint density at radius 3 is 2.52 bits per heavy atom. The number of alkyl halides is 3. The maximum Gasteiger partial charge on any atom is 0.422 e. The number of carbonyl (C=O) groups excluding carboxylic acids is 1. The summed E-state index contributed by atoms with van der Waals surface area (Å²) in [6, 6.07) is 2.68. The zero-order valence-electron chi connectivity index (χ0n) is 11.8. The van der Waals surface area contributed by atoms with E-state index in [0.717, 1.165) is 0 Å². The topological polar surface area (TPSA) is 77.2 Å². The maximum absolute atomic E-state index is 12.0. The van der Waals surface area contributed by atoms with E-state index in [1.807, 2.05) is 6.92 Å². The lowest BCUT2D eigenvalue weighted by molar-refractivity contribution is -0.154. The first-order chi connectivity index (χ1) is 9.70. The molecule has 0 spiro atoms. The number of hydrogen-bond acceptors (Lipinski definition) is 4. The highest BCUT2D eigenvalue weighted by Gasteiger charge is 2.30. The van der Waals surface area contributed by atoms with Crippen molar-refractivity contribution in [1.29, 1.82) is 0 Å². The molecule has 21 heavy (non-hydrogen) atoms. The number of nitrogens with two attached hydrogens (primary N) is 1. The van der Waals surface area contributed by atoms with Crippen LogP contribution in [0, 0.1) is 5.41 Å². The number of nitrogens with zero attached hydrogens (tertiary/aromatic N) is 1. The molecule has 5 nitrogen and oxygen atoms in total. The molecule has 1 amide bonds. The number of hydrogen-bond donors (Lipinski definition) is 2. The number of pyridine rings is 1. The summed E-state index contributed by atoms with van der Waals surface area (Å²) in [5.74, 6) is -0.430. The molecule has 1 atom stereocenters. The van der Waals surface area contributed by atoms with E-state index in [2.05, 4.69) is 15.0 Å². The highest BCUT2D eigenvalue weighted by Crippen LogP contribution is 2.23. The predicted octanol–water partition coefficient (Wildman–Crippen LogP) is 2.34. The second-order valence-electron chi connectivity index (χ2n) is 4.86. The van der Waals surface area contributed by atoms with E-state index in [1.54, 1.807) is 6.92 Å². The van der Waals surface area contributed by atoms with Crippen LogP contribution in [-0.4, -0.2) is 30.2 Å². The van der Waals surface area contributed by atoms with Gasteiger partial charge in [-0.25, -0.2) is 4.98 Å². The minimum atomic E-state index is -4.42. The van der Waals surface area contributed by atoms with Crippen LogP contribution < -0.4 is 15.8 Å². The lowest BCUT2D eigenvalue weighted by atomic mass is 9.86. The van der Waals surface area contributed by atoms with E-state index in [1.165, 1.54) is 18.3 Å². The molecule has 1 aromatic rings. The van der Waals surface area contributed by atoms with E-state index < -0.39 is 18.2 Å². The van der Waals surface area contributed by atoms with Gasteiger partial charge < -0.3 is 15.8 Å². The average Bonchev–Trinajstić information content (AvgIpc) is 2.44. The van der Waals surface area contributed by atoms with Gasteiger partial charge in [-0.3, -0.25) is 4.79 Å². The summed E-state index contributed by atoms with van der Waals surface area (Å²) >= 11 is 0. The summed E-state index contributed by atoms with van der Waals surface area (Å²) < 4.78 is 40.4. The second-order valence-corrected chi connectivity index (χ2v) is 4.86. The SMILES string of the molecule is CCC(C)(CN)C(=O)Nc1ccc(OCC(F)(F)F)nc1. The summed E-state index contributed by atoms with van der Waals surface area (Å²) in [5.41, 5.74) is 5.24. The van der Waals surface area contributed by atoms with Gasteiger partial charge in [-0.05, 0) is 19.4 Å². The van der Waals surface area contributed by atoms with Crippen molar-refractivity contribution in [2.45, 2.75) is 26.4 Å². The van der Waals surface area contributed by atoms with Crippen molar-refractivity contribution < 1.29 is 22.7 Å². The van der Waals surface area contributed by atoms with Gasteiger partial charge in [-0.15, -0.1) is 0 Å².